The van der Waals surface area contributed by atoms with Gasteiger partial charge in [0.05, 0.1) is 17.5 Å². The smallest absolute Gasteiger partial charge is 0.265 e. The molecule has 4 rings (SSSR count). The summed E-state index contributed by atoms with van der Waals surface area (Å²) in [6.45, 7) is 0. The molecular weight excluding hydrogens is 400 g/mol. The van der Waals surface area contributed by atoms with E-state index in [-0.39, 0.29) is 5.91 Å². The number of anilines is 1. The first-order chi connectivity index (χ1) is 13.1. The molecule has 2 aromatic heterocycles. The molecule has 136 valence electrons. The normalized spacial score (nSPS) is 11.1. The zero-order chi connectivity index (χ0) is 19.0. The Morgan fingerprint density at radius 3 is 2.81 bits per heavy atom. The summed E-state index contributed by atoms with van der Waals surface area (Å²) >= 11 is 9.36. The SMILES string of the molecule is COc1ccc2cc3cc(C(=O)Nc4cccc(SC)c4)sc3nc2c1Cl. The van der Waals surface area contributed by atoms with E-state index in [1.165, 1.54) is 11.3 Å². The Bertz CT molecular complexity index is 1170. The number of benzene rings is 2. The number of halogens is 1. The Kier molecular flexibility index (Phi) is 4.95. The second kappa shape index (κ2) is 7.38. The molecule has 0 unspecified atom stereocenters. The molecule has 0 saturated carbocycles. The van der Waals surface area contributed by atoms with E-state index in [0.717, 1.165) is 26.2 Å². The van der Waals surface area contributed by atoms with Crippen LogP contribution in [-0.4, -0.2) is 24.3 Å². The van der Waals surface area contributed by atoms with Crippen molar-refractivity contribution in [1.82, 2.24) is 4.98 Å². The largest absolute Gasteiger partial charge is 0.495 e. The van der Waals surface area contributed by atoms with E-state index >= 15 is 0 Å². The molecule has 0 saturated heterocycles. The number of hydrogen-bond acceptors (Lipinski definition) is 5. The number of amides is 1. The van der Waals surface area contributed by atoms with Gasteiger partial charge in [-0.3, -0.25) is 4.79 Å². The minimum absolute atomic E-state index is 0.149. The van der Waals surface area contributed by atoms with Gasteiger partial charge in [-0.15, -0.1) is 23.1 Å². The lowest BCUT2D eigenvalue weighted by molar-refractivity contribution is 0.103. The lowest BCUT2D eigenvalue weighted by Crippen LogP contribution is -2.09. The molecule has 0 aliphatic heterocycles. The topological polar surface area (TPSA) is 51.2 Å². The second-order valence-electron chi connectivity index (χ2n) is 5.83. The van der Waals surface area contributed by atoms with Gasteiger partial charge in [0.2, 0.25) is 0 Å². The van der Waals surface area contributed by atoms with Crippen LogP contribution in [0.25, 0.3) is 21.1 Å². The fourth-order valence-corrected chi connectivity index (χ4v) is 4.47. The van der Waals surface area contributed by atoms with E-state index in [1.54, 1.807) is 18.9 Å². The Morgan fingerprint density at radius 2 is 2.04 bits per heavy atom. The van der Waals surface area contributed by atoms with Crippen LogP contribution in [-0.2, 0) is 0 Å². The molecule has 4 aromatic rings. The van der Waals surface area contributed by atoms with Crippen LogP contribution in [0.5, 0.6) is 5.75 Å². The maximum absolute atomic E-state index is 12.7. The van der Waals surface area contributed by atoms with E-state index in [2.05, 4.69) is 10.3 Å². The van der Waals surface area contributed by atoms with Gasteiger partial charge in [0.15, 0.2) is 0 Å². The molecule has 0 aliphatic carbocycles. The number of carbonyl (C=O) groups excluding carboxylic acids is 1. The molecule has 0 fully saturated rings. The van der Waals surface area contributed by atoms with Gasteiger partial charge >= 0.3 is 0 Å². The molecule has 1 N–H and O–H groups in total. The van der Waals surface area contributed by atoms with Crippen molar-refractivity contribution in [3.8, 4) is 5.75 Å². The van der Waals surface area contributed by atoms with Crippen molar-refractivity contribution < 1.29 is 9.53 Å². The maximum Gasteiger partial charge on any atom is 0.265 e. The average molecular weight is 415 g/mol. The van der Waals surface area contributed by atoms with Gasteiger partial charge in [-0.25, -0.2) is 4.98 Å². The summed E-state index contributed by atoms with van der Waals surface area (Å²) in [5, 5.41) is 5.25. The van der Waals surface area contributed by atoms with E-state index < -0.39 is 0 Å². The highest BCUT2D eigenvalue weighted by molar-refractivity contribution is 7.98. The van der Waals surface area contributed by atoms with Crippen molar-refractivity contribution in [2.24, 2.45) is 0 Å². The highest BCUT2D eigenvalue weighted by atomic mass is 35.5. The third kappa shape index (κ3) is 3.48. The molecule has 27 heavy (non-hydrogen) atoms. The highest BCUT2D eigenvalue weighted by Gasteiger charge is 2.14. The van der Waals surface area contributed by atoms with Gasteiger partial charge in [0.25, 0.3) is 5.91 Å². The number of thiophene rings is 1. The fourth-order valence-electron chi connectivity index (χ4n) is 2.81. The van der Waals surface area contributed by atoms with Gasteiger partial charge in [-0.2, -0.15) is 0 Å². The van der Waals surface area contributed by atoms with Crippen molar-refractivity contribution in [2.45, 2.75) is 4.90 Å². The standard InChI is InChI=1S/C20H15ClN2O2S2/c1-25-15-7-6-11-8-12-9-16(27-20(12)23-18(11)17(15)21)19(24)22-13-4-3-5-14(10-13)26-2/h3-10H,1-2H3,(H,22,24). The lowest BCUT2D eigenvalue weighted by atomic mass is 10.2. The predicted molar refractivity (Wildman–Crippen MR) is 115 cm³/mol. The zero-order valence-electron chi connectivity index (χ0n) is 14.6. The summed E-state index contributed by atoms with van der Waals surface area (Å²) < 4.78 is 5.26. The number of pyridine rings is 1. The first kappa shape index (κ1) is 18.1. The molecule has 2 aromatic carbocycles. The van der Waals surface area contributed by atoms with Gasteiger partial charge < -0.3 is 10.1 Å². The molecule has 4 nitrogen and oxygen atoms in total. The van der Waals surface area contributed by atoms with Crippen molar-refractivity contribution >= 4 is 67.4 Å². The van der Waals surface area contributed by atoms with Crippen LogP contribution >= 0.6 is 34.7 Å². The van der Waals surface area contributed by atoms with E-state index in [4.69, 9.17) is 16.3 Å². The van der Waals surface area contributed by atoms with Gasteiger partial charge in [-0.05, 0) is 48.7 Å². The van der Waals surface area contributed by atoms with Crippen LogP contribution in [0.15, 0.2) is 53.4 Å². The predicted octanol–water partition coefficient (Wildman–Crippen LogP) is 6.09. The molecule has 0 atom stereocenters. The molecular formula is C20H15ClN2O2S2. The molecule has 0 bridgehead atoms. The average Bonchev–Trinajstić information content (AvgIpc) is 3.10. The minimum Gasteiger partial charge on any atom is -0.495 e. The van der Waals surface area contributed by atoms with E-state index in [9.17, 15) is 4.79 Å². The third-order valence-corrected chi connectivity index (χ3v) is 6.28. The number of thioether (sulfide) groups is 1. The first-order valence-corrected chi connectivity index (χ1v) is 10.5. The number of rotatable bonds is 4. The minimum atomic E-state index is -0.149. The molecule has 0 radical (unpaired) electrons. The number of nitrogens with zero attached hydrogens (tertiary/aromatic N) is 1. The summed E-state index contributed by atoms with van der Waals surface area (Å²) in [5.74, 6) is 0.434. The van der Waals surface area contributed by atoms with Crippen molar-refractivity contribution in [3.63, 3.8) is 0 Å². The van der Waals surface area contributed by atoms with Gasteiger partial charge in [-0.1, -0.05) is 17.7 Å². The number of nitrogens with one attached hydrogen (secondary N) is 1. The second-order valence-corrected chi connectivity index (χ2v) is 8.12. The number of aromatic nitrogens is 1. The number of ether oxygens (including phenoxy) is 1. The van der Waals surface area contributed by atoms with Crippen LogP contribution in [0.1, 0.15) is 9.67 Å². The van der Waals surface area contributed by atoms with Crippen molar-refractivity contribution in [1.29, 1.82) is 0 Å². The van der Waals surface area contributed by atoms with Crippen LogP contribution in [0.4, 0.5) is 5.69 Å². The summed E-state index contributed by atoms with van der Waals surface area (Å²) in [5.41, 5.74) is 1.44. The van der Waals surface area contributed by atoms with Crippen molar-refractivity contribution in [3.05, 3.63) is 58.4 Å². The van der Waals surface area contributed by atoms with E-state index in [1.807, 2.05) is 54.8 Å². The maximum atomic E-state index is 12.7. The summed E-state index contributed by atoms with van der Waals surface area (Å²) in [6, 6.07) is 15.3. The first-order valence-electron chi connectivity index (χ1n) is 8.11. The molecule has 2 heterocycles. The van der Waals surface area contributed by atoms with Crippen LogP contribution in [0.2, 0.25) is 5.02 Å². The molecule has 0 aliphatic rings. The van der Waals surface area contributed by atoms with Crippen LogP contribution in [0, 0.1) is 0 Å². The Balaban J connectivity index is 1.70. The number of hydrogen-bond donors (Lipinski definition) is 1. The van der Waals surface area contributed by atoms with Crippen molar-refractivity contribution in [2.75, 3.05) is 18.7 Å². The van der Waals surface area contributed by atoms with Gasteiger partial charge in [0, 0.05) is 21.4 Å². The van der Waals surface area contributed by atoms with Crippen LogP contribution < -0.4 is 10.1 Å². The lowest BCUT2D eigenvalue weighted by Gasteiger charge is -2.05. The number of fused-ring (bicyclic) bond motifs is 2. The summed E-state index contributed by atoms with van der Waals surface area (Å²) in [7, 11) is 1.57. The molecule has 7 heteroatoms. The zero-order valence-corrected chi connectivity index (χ0v) is 17.0. The quantitative estimate of drug-likeness (QED) is 0.411. The Labute approximate surface area is 169 Å². The van der Waals surface area contributed by atoms with Crippen LogP contribution in [0.3, 0.4) is 0 Å². The van der Waals surface area contributed by atoms with Gasteiger partial charge in [0.1, 0.15) is 15.6 Å². The summed E-state index contributed by atoms with van der Waals surface area (Å²) in [4.78, 5) is 19.8. The highest BCUT2D eigenvalue weighted by Crippen LogP contribution is 2.35. The number of carbonyl (C=O) groups is 1. The fraction of sp³-hybridized carbons (Fsp3) is 0.100. The monoisotopic (exact) mass is 414 g/mol. The summed E-state index contributed by atoms with van der Waals surface area (Å²) in [6.07, 6.45) is 2.00. The Hall–Kier alpha value is -2.28. The molecule has 1 amide bonds. The molecule has 0 spiro atoms. The Morgan fingerprint density at radius 1 is 1.19 bits per heavy atom. The number of methoxy groups -OCH3 is 1. The van der Waals surface area contributed by atoms with E-state index in [0.29, 0.717) is 21.2 Å². The third-order valence-electron chi connectivity index (χ3n) is 4.15.